The smallest absolute Gasteiger partial charge is 0.272 e. The second-order valence-electron chi connectivity index (χ2n) is 8.13. The Morgan fingerprint density at radius 1 is 1.00 bits per heavy atom. The van der Waals surface area contributed by atoms with Gasteiger partial charge in [0.1, 0.15) is 5.75 Å². The molecular weight excluding hydrogens is 499 g/mol. The van der Waals surface area contributed by atoms with Crippen molar-refractivity contribution in [3.05, 3.63) is 92.1 Å². The molecule has 0 spiro atoms. The maximum absolute atomic E-state index is 13.4. The molecule has 34 heavy (non-hydrogen) atoms. The van der Waals surface area contributed by atoms with Crippen LogP contribution in [-0.4, -0.2) is 17.3 Å². The Balaban J connectivity index is 1.82. The molecule has 7 nitrogen and oxygen atoms in total. The zero-order valence-electron chi connectivity index (χ0n) is 18.5. The molecule has 176 valence electrons. The van der Waals surface area contributed by atoms with Gasteiger partial charge < -0.3 is 4.74 Å². The first-order valence-electron chi connectivity index (χ1n) is 10.3. The molecule has 1 heterocycles. The van der Waals surface area contributed by atoms with Crippen LogP contribution in [0.15, 0.2) is 65.7 Å². The van der Waals surface area contributed by atoms with Crippen LogP contribution in [0.4, 0.5) is 5.69 Å². The largest absolute Gasteiger partial charge is 0.454 e. The summed E-state index contributed by atoms with van der Waals surface area (Å²) in [5.41, 5.74) is 2.03. The molecule has 0 bridgehead atoms. The van der Waals surface area contributed by atoms with Gasteiger partial charge >= 0.3 is 0 Å². The van der Waals surface area contributed by atoms with Gasteiger partial charge in [0.2, 0.25) is 0 Å². The molecule has 0 aliphatic rings. The first-order valence-corrected chi connectivity index (χ1v) is 12.5. The van der Waals surface area contributed by atoms with Gasteiger partial charge in [0, 0.05) is 23.7 Å². The zero-order valence-corrected chi connectivity index (χ0v) is 20.8. The summed E-state index contributed by atoms with van der Waals surface area (Å²) in [4.78, 5) is 10.6. The van der Waals surface area contributed by atoms with Gasteiger partial charge in [-0.15, -0.1) is 0 Å². The molecule has 0 unspecified atom stereocenters. The van der Waals surface area contributed by atoms with Crippen molar-refractivity contribution in [2.45, 2.75) is 31.6 Å². The first kappa shape index (κ1) is 24.1. The number of nitrogens with zero attached hydrogens (tertiary/aromatic N) is 2. The van der Waals surface area contributed by atoms with E-state index in [1.807, 2.05) is 20.8 Å². The summed E-state index contributed by atoms with van der Waals surface area (Å²) in [5.74, 6) is 0.461. The van der Waals surface area contributed by atoms with Gasteiger partial charge in [-0.2, -0.15) is 0 Å². The molecule has 1 aromatic heterocycles. The Labute approximate surface area is 206 Å². The number of benzene rings is 3. The van der Waals surface area contributed by atoms with E-state index in [1.165, 1.54) is 3.97 Å². The summed E-state index contributed by atoms with van der Waals surface area (Å²) in [5, 5.41) is 11.7. The van der Waals surface area contributed by atoms with Crippen LogP contribution < -0.4 is 4.74 Å². The molecule has 4 rings (SSSR count). The molecule has 0 N–H and O–H groups in total. The second-order valence-corrected chi connectivity index (χ2v) is 10.8. The number of hydrogen-bond donors (Lipinski definition) is 0. The van der Waals surface area contributed by atoms with E-state index in [0.717, 1.165) is 23.3 Å². The van der Waals surface area contributed by atoms with Gasteiger partial charge in [-0.05, 0) is 48.7 Å². The zero-order chi connectivity index (χ0) is 24.8. The Hall–Kier alpha value is -3.07. The molecule has 3 aromatic carbocycles. The second kappa shape index (κ2) is 8.94. The number of rotatable bonds is 6. The van der Waals surface area contributed by atoms with Crippen LogP contribution in [0.5, 0.6) is 11.5 Å². The van der Waals surface area contributed by atoms with Crippen LogP contribution in [0.25, 0.3) is 10.9 Å². The standard InChI is InChI=1S/C24H20Cl2N2O5S/c1-14(2)20-13-27(34(31,32)18-7-4-15(3)5-8-18)23-9-6-17(12-19(20)23)33-24-21(25)10-16(28(29)30)11-22(24)26/h4-14H,1-3H3. The summed E-state index contributed by atoms with van der Waals surface area (Å²) in [6.45, 7) is 5.83. The Morgan fingerprint density at radius 3 is 2.18 bits per heavy atom. The molecule has 4 aromatic rings. The minimum absolute atomic E-state index is 0.0112. The molecule has 0 aliphatic heterocycles. The van der Waals surface area contributed by atoms with Crippen molar-refractivity contribution in [1.29, 1.82) is 0 Å². The third-order valence-electron chi connectivity index (χ3n) is 5.39. The predicted octanol–water partition coefficient (Wildman–Crippen LogP) is 7.32. The van der Waals surface area contributed by atoms with E-state index in [4.69, 9.17) is 27.9 Å². The number of nitro benzene ring substituents is 1. The molecule has 0 atom stereocenters. The van der Waals surface area contributed by atoms with Gasteiger partial charge in [-0.3, -0.25) is 10.1 Å². The van der Waals surface area contributed by atoms with E-state index in [-0.39, 0.29) is 32.3 Å². The van der Waals surface area contributed by atoms with Crippen molar-refractivity contribution < 1.29 is 18.1 Å². The summed E-state index contributed by atoms with van der Waals surface area (Å²) in [7, 11) is -3.82. The predicted molar refractivity (Wildman–Crippen MR) is 133 cm³/mol. The summed E-state index contributed by atoms with van der Waals surface area (Å²) in [6.07, 6.45) is 1.63. The number of nitro groups is 1. The fraction of sp³-hybridized carbons (Fsp3) is 0.167. The molecule has 0 amide bonds. The third-order valence-corrected chi connectivity index (χ3v) is 7.64. The van der Waals surface area contributed by atoms with Gasteiger partial charge in [-0.1, -0.05) is 54.7 Å². The maximum atomic E-state index is 13.4. The van der Waals surface area contributed by atoms with E-state index in [0.29, 0.717) is 16.7 Å². The minimum Gasteiger partial charge on any atom is -0.454 e. The van der Waals surface area contributed by atoms with E-state index < -0.39 is 14.9 Å². The number of non-ortho nitro benzene ring substituents is 1. The highest BCUT2D eigenvalue weighted by Gasteiger charge is 2.23. The normalized spacial score (nSPS) is 11.8. The first-order chi connectivity index (χ1) is 16.0. The molecular formula is C24H20Cl2N2O5S. The van der Waals surface area contributed by atoms with Gasteiger partial charge in [0.25, 0.3) is 15.7 Å². The quantitative estimate of drug-likeness (QED) is 0.197. The Bertz CT molecular complexity index is 1500. The Kier molecular flexibility index (Phi) is 6.33. The van der Waals surface area contributed by atoms with Gasteiger partial charge in [0.05, 0.1) is 25.4 Å². The molecule has 0 radical (unpaired) electrons. The highest BCUT2D eigenvalue weighted by atomic mass is 35.5. The fourth-order valence-electron chi connectivity index (χ4n) is 3.62. The van der Waals surface area contributed by atoms with E-state index in [9.17, 15) is 18.5 Å². The highest BCUT2D eigenvalue weighted by molar-refractivity contribution is 7.90. The number of ether oxygens (including phenoxy) is 1. The molecule has 10 heteroatoms. The van der Waals surface area contributed by atoms with Crippen molar-refractivity contribution in [3.63, 3.8) is 0 Å². The van der Waals surface area contributed by atoms with Crippen molar-refractivity contribution in [3.8, 4) is 11.5 Å². The third kappa shape index (κ3) is 4.36. The number of aromatic nitrogens is 1. The molecule has 0 saturated carbocycles. The molecule has 0 saturated heterocycles. The van der Waals surface area contributed by atoms with Crippen molar-refractivity contribution >= 4 is 49.8 Å². The minimum atomic E-state index is -3.82. The molecule has 0 fully saturated rings. The summed E-state index contributed by atoms with van der Waals surface area (Å²) < 4.78 is 33.9. The van der Waals surface area contributed by atoms with E-state index >= 15 is 0 Å². The van der Waals surface area contributed by atoms with E-state index in [2.05, 4.69) is 0 Å². The lowest BCUT2D eigenvalue weighted by atomic mass is 10.0. The van der Waals surface area contributed by atoms with Crippen molar-refractivity contribution in [2.75, 3.05) is 0 Å². The fourth-order valence-corrected chi connectivity index (χ4v) is 5.55. The number of fused-ring (bicyclic) bond motifs is 1. The van der Waals surface area contributed by atoms with Crippen LogP contribution in [0.3, 0.4) is 0 Å². The Morgan fingerprint density at radius 2 is 1.62 bits per heavy atom. The lowest BCUT2D eigenvalue weighted by Gasteiger charge is -2.11. The SMILES string of the molecule is Cc1ccc(S(=O)(=O)n2cc(C(C)C)c3cc(Oc4c(Cl)cc([N+](=O)[O-])cc4Cl)ccc32)cc1. The van der Waals surface area contributed by atoms with Crippen molar-refractivity contribution in [2.24, 2.45) is 0 Å². The average Bonchev–Trinajstić information content (AvgIpc) is 3.16. The van der Waals surface area contributed by atoms with Crippen LogP contribution in [0.2, 0.25) is 10.0 Å². The number of hydrogen-bond acceptors (Lipinski definition) is 5. The van der Waals surface area contributed by atoms with Crippen LogP contribution >= 0.6 is 23.2 Å². The monoisotopic (exact) mass is 518 g/mol. The number of halogens is 2. The maximum Gasteiger partial charge on any atom is 0.272 e. The van der Waals surface area contributed by atoms with E-state index in [1.54, 1.807) is 48.7 Å². The number of aryl methyl sites for hydroxylation is 1. The average molecular weight is 519 g/mol. The van der Waals surface area contributed by atoms with Gasteiger partial charge in [0.15, 0.2) is 5.75 Å². The van der Waals surface area contributed by atoms with Crippen LogP contribution in [0, 0.1) is 17.0 Å². The van der Waals surface area contributed by atoms with Crippen LogP contribution in [0.1, 0.15) is 30.9 Å². The van der Waals surface area contributed by atoms with Crippen LogP contribution in [-0.2, 0) is 10.0 Å². The summed E-state index contributed by atoms with van der Waals surface area (Å²) >= 11 is 12.3. The van der Waals surface area contributed by atoms with Gasteiger partial charge in [-0.25, -0.2) is 12.4 Å². The summed E-state index contributed by atoms with van der Waals surface area (Å²) in [6, 6.07) is 14.0. The van der Waals surface area contributed by atoms with Crippen molar-refractivity contribution in [1.82, 2.24) is 3.97 Å². The highest BCUT2D eigenvalue weighted by Crippen LogP contribution is 2.41. The lowest BCUT2D eigenvalue weighted by molar-refractivity contribution is -0.384. The molecule has 0 aliphatic carbocycles. The lowest BCUT2D eigenvalue weighted by Crippen LogP contribution is -2.11. The topological polar surface area (TPSA) is 91.4 Å².